The zero-order chi connectivity index (χ0) is 15.2. The van der Waals surface area contributed by atoms with Crippen LogP contribution in [0, 0.1) is 0 Å². The van der Waals surface area contributed by atoms with Crippen LogP contribution in [-0.4, -0.2) is 33.4 Å². The smallest absolute Gasteiger partial charge is 0.287 e. The first kappa shape index (κ1) is 14.4. The van der Waals surface area contributed by atoms with Crippen LogP contribution in [0.5, 0.6) is 0 Å². The molecule has 1 aromatic carbocycles. The average molecular weight is 314 g/mol. The van der Waals surface area contributed by atoms with Crippen molar-refractivity contribution >= 4 is 17.7 Å². The highest BCUT2D eigenvalue weighted by Gasteiger charge is 2.08. The third-order valence-electron chi connectivity index (χ3n) is 2.88. The number of rotatable bonds is 6. The molecule has 0 radical (unpaired) electrons. The number of furan rings is 1. The summed E-state index contributed by atoms with van der Waals surface area (Å²) in [5.74, 6) is 1.51. The predicted molar refractivity (Wildman–Crippen MR) is 83.6 cm³/mol. The number of nitrogens with zero attached hydrogens (tertiary/aromatic N) is 2. The SMILES string of the molecule is O=C(NCCSc1n[nH]c(-c2ccccc2)n1)c1ccco1. The summed E-state index contributed by atoms with van der Waals surface area (Å²) in [6.07, 6.45) is 1.47. The summed E-state index contributed by atoms with van der Waals surface area (Å²) in [4.78, 5) is 16.1. The van der Waals surface area contributed by atoms with Crippen LogP contribution in [0.15, 0.2) is 58.3 Å². The molecule has 7 heteroatoms. The van der Waals surface area contributed by atoms with Crippen molar-refractivity contribution in [2.45, 2.75) is 5.16 Å². The van der Waals surface area contributed by atoms with Crippen molar-refractivity contribution < 1.29 is 9.21 Å². The predicted octanol–water partition coefficient (Wildman–Crippen LogP) is 2.59. The van der Waals surface area contributed by atoms with Crippen molar-refractivity contribution in [3.8, 4) is 11.4 Å². The molecule has 0 aliphatic rings. The van der Waals surface area contributed by atoms with Crippen LogP contribution in [0.1, 0.15) is 10.6 Å². The highest BCUT2D eigenvalue weighted by Crippen LogP contribution is 2.18. The Morgan fingerprint density at radius 2 is 2.09 bits per heavy atom. The molecule has 0 spiro atoms. The molecule has 1 amide bonds. The van der Waals surface area contributed by atoms with Crippen LogP contribution >= 0.6 is 11.8 Å². The Labute approximate surface area is 131 Å². The van der Waals surface area contributed by atoms with Gasteiger partial charge in [0.25, 0.3) is 5.91 Å². The molecule has 112 valence electrons. The van der Waals surface area contributed by atoms with Gasteiger partial charge in [0, 0.05) is 17.9 Å². The zero-order valence-electron chi connectivity index (χ0n) is 11.7. The number of hydrogen-bond acceptors (Lipinski definition) is 5. The van der Waals surface area contributed by atoms with Gasteiger partial charge in [-0.2, -0.15) is 0 Å². The molecule has 3 rings (SSSR count). The van der Waals surface area contributed by atoms with E-state index in [1.54, 1.807) is 12.1 Å². The summed E-state index contributed by atoms with van der Waals surface area (Å²) in [6, 6.07) is 13.1. The Balaban J connectivity index is 1.47. The second kappa shape index (κ2) is 6.95. The third kappa shape index (κ3) is 3.56. The van der Waals surface area contributed by atoms with Gasteiger partial charge >= 0.3 is 0 Å². The van der Waals surface area contributed by atoms with Crippen molar-refractivity contribution in [3.63, 3.8) is 0 Å². The Morgan fingerprint density at radius 3 is 2.86 bits per heavy atom. The lowest BCUT2D eigenvalue weighted by Crippen LogP contribution is -2.25. The largest absolute Gasteiger partial charge is 0.459 e. The monoisotopic (exact) mass is 314 g/mol. The molecule has 0 saturated heterocycles. The van der Waals surface area contributed by atoms with E-state index in [9.17, 15) is 4.79 Å². The molecule has 22 heavy (non-hydrogen) atoms. The highest BCUT2D eigenvalue weighted by molar-refractivity contribution is 7.99. The molecule has 3 aromatic rings. The number of amides is 1. The molecule has 2 aromatic heterocycles. The first-order chi connectivity index (χ1) is 10.8. The minimum absolute atomic E-state index is 0.217. The summed E-state index contributed by atoms with van der Waals surface area (Å²) < 4.78 is 5.01. The molecule has 0 aliphatic carbocycles. The van der Waals surface area contributed by atoms with E-state index < -0.39 is 0 Å². The van der Waals surface area contributed by atoms with Crippen LogP contribution < -0.4 is 5.32 Å². The van der Waals surface area contributed by atoms with Crippen molar-refractivity contribution in [1.29, 1.82) is 0 Å². The molecule has 0 aliphatic heterocycles. The van der Waals surface area contributed by atoms with Gasteiger partial charge in [0.2, 0.25) is 5.16 Å². The van der Waals surface area contributed by atoms with Gasteiger partial charge in [0.1, 0.15) is 0 Å². The van der Waals surface area contributed by atoms with Crippen molar-refractivity contribution in [2.24, 2.45) is 0 Å². The van der Waals surface area contributed by atoms with Crippen LogP contribution in [0.2, 0.25) is 0 Å². The first-order valence-corrected chi connectivity index (χ1v) is 7.74. The van der Waals surface area contributed by atoms with Gasteiger partial charge in [-0.25, -0.2) is 4.98 Å². The van der Waals surface area contributed by atoms with Crippen molar-refractivity contribution in [1.82, 2.24) is 20.5 Å². The lowest BCUT2D eigenvalue weighted by Gasteiger charge is -2.00. The summed E-state index contributed by atoms with van der Waals surface area (Å²) in [6.45, 7) is 0.513. The summed E-state index contributed by atoms with van der Waals surface area (Å²) in [5, 5.41) is 10.5. The molecule has 0 atom stereocenters. The van der Waals surface area contributed by atoms with Gasteiger partial charge in [-0.15, -0.1) is 5.10 Å². The molecule has 0 bridgehead atoms. The van der Waals surface area contributed by atoms with E-state index in [1.165, 1.54) is 18.0 Å². The quantitative estimate of drug-likeness (QED) is 0.540. The Bertz CT molecular complexity index is 725. The minimum Gasteiger partial charge on any atom is -0.459 e. The van der Waals surface area contributed by atoms with Crippen LogP contribution in [0.3, 0.4) is 0 Å². The zero-order valence-corrected chi connectivity index (χ0v) is 12.5. The maximum atomic E-state index is 11.7. The van der Waals surface area contributed by atoms with Gasteiger partial charge in [-0.1, -0.05) is 42.1 Å². The number of H-pyrrole nitrogens is 1. The van der Waals surface area contributed by atoms with Gasteiger partial charge in [-0.05, 0) is 12.1 Å². The first-order valence-electron chi connectivity index (χ1n) is 6.75. The molecule has 0 unspecified atom stereocenters. The van der Waals surface area contributed by atoms with Gasteiger partial charge in [-0.3, -0.25) is 9.89 Å². The molecular weight excluding hydrogens is 300 g/mol. The number of benzene rings is 1. The topological polar surface area (TPSA) is 83.8 Å². The highest BCUT2D eigenvalue weighted by atomic mass is 32.2. The standard InChI is InChI=1S/C15H14N4O2S/c20-14(12-7-4-9-21-12)16-8-10-22-15-17-13(18-19-15)11-5-2-1-3-6-11/h1-7,9H,8,10H2,(H,16,20)(H,17,18,19). The van der Waals surface area contributed by atoms with Crippen molar-refractivity contribution in [3.05, 3.63) is 54.5 Å². The van der Waals surface area contributed by atoms with Crippen LogP contribution in [0.25, 0.3) is 11.4 Å². The number of carbonyl (C=O) groups is 1. The van der Waals surface area contributed by atoms with Crippen LogP contribution in [0.4, 0.5) is 0 Å². The molecular formula is C15H14N4O2S. The molecule has 2 N–H and O–H groups in total. The second-order valence-electron chi connectivity index (χ2n) is 4.41. The Kier molecular flexibility index (Phi) is 4.55. The normalized spacial score (nSPS) is 10.5. The number of aromatic nitrogens is 3. The number of thioether (sulfide) groups is 1. The Hall–Kier alpha value is -2.54. The summed E-state index contributed by atoms with van der Waals surface area (Å²) >= 11 is 1.48. The van der Waals surface area contributed by atoms with E-state index in [4.69, 9.17) is 4.42 Å². The van der Waals surface area contributed by atoms with Gasteiger partial charge < -0.3 is 9.73 Å². The van der Waals surface area contributed by atoms with Gasteiger partial charge in [0.05, 0.1) is 6.26 Å². The van der Waals surface area contributed by atoms with E-state index in [-0.39, 0.29) is 5.91 Å². The average Bonchev–Trinajstić information content (AvgIpc) is 3.24. The maximum Gasteiger partial charge on any atom is 0.287 e. The lowest BCUT2D eigenvalue weighted by atomic mass is 10.2. The molecule has 0 fully saturated rings. The fourth-order valence-electron chi connectivity index (χ4n) is 1.84. The maximum absolute atomic E-state index is 11.7. The Morgan fingerprint density at radius 1 is 1.23 bits per heavy atom. The van der Waals surface area contributed by atoms with E-state index in [1.807, 2.05) is 30.3 Å². The molecule has 2 heterocycles. The molecule has 6 nitrogen and oxygen atoms in total. The fraction of sp³-hybridized carbons (Fsp3) is 0.133. The molecule has 0 saturated carbocycles. The lowest BCUT2D eigenvalue weighted by molar-refractivity contribution is 0.0928. The third-order valence-corrected chi connectivity index (χ3v) is 3.72. The second-order valence-corrected chi connectivity index (χ2v) is 5.48. The number of carbonyl (C=O) groups excluding carboxylic acids is 1. The summed E-state index contributed by atoms with van der Waals surface area (Å²) in [5.41, 5.74) is 0.993. The van der Waals surface area contributed by atoms with E-state index in [0.717, 1.165) is 11.4 Å². The van der Waals surface area contributed by atoms with E-state index >= 15 is 0 Å². The number of aromatic amines is 1. The number of nitrogens with one attached hydrogen (secondary N) is 2. The van der Waals surface area contributed by atoms with Gasteiger partial charge in [0.15, 0.2) is 11.6 Å². The number of hydrogen-bond donors (Lipinski definition) is 2. The summed E-state index contributed by atoms with van der Waals surface area (Å²) in [7, 11) is 0. The fourth-order valence-corrected chi connectivity index (χ4v) is 2.49. The van der Waals surface area contributed by atoms with E-state index in [0.29, 0.717) is 23.2 Å². The minimum atomic E-state index is -0.217. The van der Waals surface area contributed by atoms with Crippen LogP contribution in [-0.2, 0) is 0 Å². The van der Waals surface area contributed by atoms with E-state index in [2.05, 4.69) is 20.5 Å². The van der Waals surface area contributed by atoms with Crippen molar-refractivity contribution in [2.75, 3.05) is 12.3 Å².